The lowest BCUT2D eigenvalue weighted by atomic mass is 10.1. The quantitative estimate of drug-likeness (QED) is 0.0345. The summed E-state index contributed by atoms with van der Waals surface area (Å²) in [5.41, 5.74) is 0. The van der Waals surface area contributed by atoms with Gasteiger partial charge in [0.15, 0.2) is 6.10 Å². The Morgan fingerprint density at radius 3 is 1.04 bits per heavy atom. The van der Waals surface area contributed by atoms with E-state index in [-0.39, 0.29) is 25.2 Å². The van der Waals surface area contributed by atoms with Crippen LogP contribution in [0.25, 0.3) is 0 Å². The van der Waals surface area contributed by atoms with E-state index in [9.17, 15) is 9.59 Å². The van der Waals surface area contributed by atoms with Crippen LogP contribution in [-0.2, 0) is 23.8 Å². The Bertz CT molecular complexity index is 1200. The Hall–Kier alpha value is -2.40. The minimum atomic E-state index is -0.545. The molecule has 1 unspecified atom stereocenters. The average Bonchev–Trinajstić information content (AvgIpc) is 3.36. The van der Waals surface area contributed by atoms with E-state index in [1.54, 1.807) is 0 Å². The predicted octanol–water partition coefficient (Wildman–Crippen LogP) is 21.2. The third kappa shape index (κ3) is 58.2. The number of carbonyl (C=O) groups excluding carboxylic acids is 2. The topological polar surface area (TPSA) is 61.8 Å². The number of hydrogen-bond acceptors (Lipinski definition) is 5. The third-order valence-electron chi connectivity index (χ3n) is 13.5. The zero-order chi connectivity index (χ0) is 50.6. The number of hydrogen-bond donors (Lipinski definition) is 0. The summed E-state index contributed by atoms with van der Waals surface area (Å²) >= 11 is 0. The SMILES string of the molecule is CC/C=C\C/C=C\C/C=C\CCCCCCCCCC(=O)OCC(COCCCCCCCCCCCC/C=C\CCCCCCCC)OC(=O)CCCCCCCCC/C=C\CCCCCCCC. The molecule has 0 rings (SSSR count). The largest absolute Gasteiger partial charge is 0.462 e. The van der Waals surface area contributed by atoms with E-state index in [1.165, 1.54) is 205 Å². The number of allylic oxidation sites excluding steroid dienone is 10. The second-order valence-corrected chi connectivity index (χ2v) is 20.6. The van der Waals surface area contributed by atoms with Crippen LogP contribution in [0.15, 0.2) is 60.8 Å². The van der Waals surface area contributed by atoms with E-state index in [4.69, 9.17) is 14.2 Å². The molecule has 0 spiro atoms. The first-order valence-corrected chi connectivity index (χ1v) is 30.8. The molecule has 0 N–H and O–H groups in total. The molecule has 0 amide bonds. The van der Waals surface area contributed by atoms with Crippen LogP contribution in [0.4, 0.5) is 0 Å². The van der Waals surface area contributed by atoms with Gasteiger partial charge in [0.2, 0.25) is 0 Å². The normalized spacial score (nSPS) is 12.6. The Morgan fingerprint density at radius 2 is 0.643 bits per heavy atom. The second kappa shape index (κ2) is 60.9. The Morgan fingerprint density at radius 1 is 0.329 bits per heavy atom. The molecule has 408 valence electrons. The molecule has 5 heteroatoms. The zero-order valence-corrected chi connectivity index (χ0v) is 47.0. The molecule has 0 bridgehead atoms. The first-order valence-electron chi connectivity index (χ1n) is 30.8. The zero-order valence-electron chi connectivity index (χ0n) is 47.0. The average molecular weight is 980 g/mol. The number of carbonyl (C=O) groups is 2. The highest BCUT2D eigenvalue weighted by Gasteiger charge is 2.17. The Labute approximate surface area is 436 Å². The van der Waals surface area contributed by atoms with Crippen LogP contribution >= 0.6 is 0 Å². The van der Waals surface area contributed by atoms with Gasteiger partial charge in [-0.05, 0) is 103 Å². The number of rotatable bonds is 57. The van der Waals surface area contributed by atoms with Crippen molar-refractivity contribution in [2.45, 2.75) is 322 Å². The van der Waals surface area contributed by atoms with Crippen molar-refractivity contribution in [3.8, 4) is 0 Å². The molecule has 0 saturated heterocycles. The van der Waals surface area contributed by atoms with Crippen LogP contribution < -0.4 is 0 Å². The van der Waals surface area contributed by atoms with Gasteiger partial charge in [-0.2, -0.15) is 0 Å². The Balaban J connectivity index is 4.27. The number of unbranched alkanes of at least 4 members (excludes halogenated alkanes) is 36. The van der Waals surface area contributed by atoms with Gasteiger partial charge in [-0.25, -0.2) is 0 Å². The highest BCUT2D eigenvalue weighted by Crippen LogP contribution is 2.16. The molecular formula is C65H118O5. The Kier molecular flexibility index (Phi) is 58.8. The summed E-state index contributed by atoms with van der Waals surface area (Å²) in [4.78, 5) is 25.6. The summed E-state index contributed by atoms with van der Waals surface area (Å²) in [6.45, 7) is 7.74. The van der Waals surface area contributed by atoms with Crippen LogP contribution in [-0.4, -0.2) is 37.9 Å². The van der Waals surface area contributed by atoms with E-state index in [2.05, 4.69) is 81.5 Å². The number of ether oxygens (including phenoxy) is 3. The molecule has 0 radical (unpaired) electrons. The standard InChI is InChI=1S/C65H118O5/c1-4-7-10-13-16-19-22-25-28-31-32-33-36-39-42-45-48-51-54-57-60-68-61-63(70-65(67)59-56-53-50-47-44-41-38-35-30-27-24-21-18-15-12-9-6-3)62-69-64(66)58-55-52-49-46-43-40-37-34-29-26-23-20-17-14-11-8-5-2/h8,11,17,20,25-30,63H,4-7,9-10,12-16,18-19,21-24,31-62H2,1-3H3/b11-8-,20-17-,28-25-,29-26-,30-27-. The highest BCUT2D eigenvalue weighted by molar-refractivity contribution is 5.70. The van der Waals surface area contributed by atoms with Crippen molar-refractivity contribution in [1.82, 2.24) is 0 Å². The first kappa shape index (κ1) is 67.6. The van der Waals surface area contributed by atoms with Gasteiger partial charge in [0.25, 0.3) is 0 Å². The summed E-state index contributed by atoms with van der Waals surface area (Å²) in [7, 11) is 0. The monoisotopic (exact) mass is 979 g/mol. The summed E-state index contributed by atoms with van der Waals surface area (Å²) in [6.07, 6.45) is 78.2. The molecule has 0 saturated carbocycles. The van der Waals surface area contributed by atoms with Crippen LogP contribution in [0, 0.1) is 0 Å². The van der Waals surface area contributed by atoms with Gasteiger partial charge in [-0.3, -0.25) is 9.59 Å². The maximum atomic E-state index is 12.9. The van der Waals surface area contributed by atoms with Crippen molar-refractivity contribution in [2.75, 3.05) is 19.8 Å². The van der Waals surface area contributed by atoms with Crippen LogP contribution in [0.3, 0.4) is 0 Å². The van der Waals surface area contributed by atoms with Crippen LogP contribution in [0.2, 0.25) is 0 Å². The second-order valence-electron chi connectivity index (χ2n) is 20.6. The molecule has 1 atom stereocenters. The minimum absolute atomic E-state index is 0.0792. The summed E-state index contributed by atoms with van der Waals surface area (Å²) < 4.78 is 17.5. The van der Waals surface area contributed by atoms with Gasteiger partial charge in [-0.15, -0.1) is 0 Å². The molecule has 0 aliphatic heterocycles. The molecule has 0 aromatic heterocycles. The maximum absolute atomic E-state index is 12.9. The molecular weight excluding hydrogens is 861 g/mol. The van der Waals surface area contributed by atoms with E-state index < -0.39 is 6.10 Å². The fourth-order valence-electron chi connectivity index (χ4n) is 8.93. The van der Waals surface area contributed by atoms with Gasteiger partial charge < -0.3 is 14.2 Å². The van der Waals surface area contributed by atoms with Gasteiger partial charge in [0.1, 0.15) is 6.61 Å². The molecule has 0 fully saturated rings. The van der Waals surface area contributed by atoms with E-state index in [0.29, 0.717) is 19.4 Å². The fourth-order valence-corrected chi connectivity index (χ4v) is 8.93. The number of esters is 2. The summed E-state index contributed by atoms with van der Waals surface area (Å²) in [5.74, 6) is -0.400. The first-order chi connectivity index (χ1) is 34.6. The molecule has 0 aliphatic rings. The van der Waals surface area contributed by atoms with E-state index in [0.717, 1.165) is 77.0 Å². The molecule has 70 heavy (non-hydrogen) atoms. The van der Waals surface area contributed by atoms with Crippen molar-refractivity contribution in [3.63, 3.8) is 0 Å². The van der Waals surface area contributed by atoms with Crippen LogP contribution in [0.5, 0.6) is 0 Å². The lowest BCUT2D eigenvalue weighted by molar-refractivity contribution is -0.163. The van der Waals surface area contributed by atoms with Crippen LogP contribution in [0.1, 0.15) is 316 Å². The van der Waals surface area contributed by atoms with E-state index >= 15 is 0 Å². The third-order valence-corrected chi connectivity index (χ3v) is 13.5. The lowest BCUT2D eigenvalue weighted by Crippen LogP contribution is -2.30. The smallest absolute Gasteiger partial charge is 0.306 e. The fraction of sp³-hybridized carbons (Fsp3) is 0.815. The van der Waals surface area contributed by atoms with Crippen molar-refractivity contribution in [3.05, 3.63) is 60.8 Å². The summed E-state index contributed by atoms with van der Waals surface area (Å²) in [6, 6.07) is 0. The van der Waals surface area contributed by atoms with Crippen molar-refractivity contribution in [1.29, 1.82) is 0 Å². The van der Waals surface area contributed by atoms with Gasteiger partial charge in [-0.1, -0.05) is 261 Å². The summed E-state index contributed by atoms with van der Waals surface area (Å²) in [5, 5.41) is 0. The predicted molar refractivity (Wildman–Crippen MR) is 307 cm³/mol. The van der Waals surface area contributed by atoms with Gasteiger partial charge >= 0.3 is 11.9 Å². The van der Waals surface area contributed by atoms with Crippen molar-refractivity contribution in [2.24, 2.45) is 0 Å². The minimum Gasteiger partial charge on any atom is -0.462 e. The van der Waals surface area contributed by atoms with Crippen molar-refractivity contribution < 1.29 is 23.8 Å². The molecule has 0 aliphatic carbocycles. The molecule has 0 heterocycles. The van der Waals surface area contributed by atoms with E-state index in [1.807, 2.05) is 0 Å². The van der Waals surface area contributed by atoms with Gasteiger partial charge in [0.05, 0.1) is 6.61 Å². The molecule has 5 nitrogen and oxygen atoms in total. The van der Waals surface area contributed by atoms with Crippen molar-refractivity contribution >= 4 is 11.9 Å². The lowest BCUT2D eigenvalue weighted by Gasteiger charge is -2.18. The van der Waals surface area contributed by atoms with Gasteiger partial charge in [0, 0.05) is 19.4 Å². The highest BCUT2D eigenvalue weighted by atomic mass is 16.6. The molecule has 0 aromatic carbocycles. The maximum Gasteiger partial charge on any atom is 0.306 e. The molecule has 0 aromatic rings.